The van der Waals surface area contributed by atoms with Crippen molar-refractivity contribution in [3.8, 4) is 0 Å². The van der Waals surface area contributed by atoms with Gasteiger partial charge in [-0.3, -0.25) is 0 Å². The van der Waals surface area contributed by atoms with E-state index in [9.17, 15) is 0 Å². The summed E-state index contributed by atoms with van der Waals surface area (Å²) in [5, 5.41) is 0. The maximum Gasteiger partial charge on any atom is 0.126 e. The van der Waals surface area contributed by atoms with Crippen LogP contribution in [-0.2, 0) is 0 Å². The summed E-state index contributed by atoms with van der Waals surface area (Å²) in [6, 6.07) is 0.611. The van der Waals surface area contributed by atoms with Crippen LogP contribution in [0.2, 0.25) is 0 Å². The number of nitrogens with zero attached hydrogens (tertiary/aromatic N) is 2. The van der Waals surface area contributed by atoms with E-state index in [0.29, 0.717) is 12.6 Å². The average Bonchev–Trinajstić information content (AvgIpc) is 2.57. The van der Waals surface area contributed by atoms with Crippen LogP contribution in [0.1, 0.15) is 73.1 Å². The lowest BCUT2D eigenvalue weighted by atomic mass is 9.89. The summed E-state index contributed by atoms with van der Waals surface area (Å²) in [5.74, 6) is 0.883. The average molecular weight is 315 g/mol. The van der Waals surface area contributed by atoms with Gasteiger partial charge in [0.15, 0.2) is 0 Å². The Morgan fingerprint density at radius 2 is 1.59 bits per heavy atom. The van der Waals surface area contributed by atoms with E-state index >= 15 is 4.39 Å². The maximum atomic E-state index is 15.0. The van der Waals surface area contributed by atoms with Gasteiger partial charge in [-0.05, 0) is 58.0 Å². The Morgan fingerprint density at radius 1 is 1.05 bits per heavy atom. The Kier molecular flexibility index (Phi) is 8.93. The van der Waals surface area contributed by atoms with E-state index < -0.39 is 5.67 Å². The zero-order valence-electron chi connectivity index (χ0n) is 15.7. The molecule has 0 spiro atoms. The first-order valence-corrected chi connectivity index (χ1v) is 9.71. The fourth-order valence-corrected chi connectivity index (χ4v) is 3.74. The van der Waals surface area contributed by atoms with Crippen LogP contribution in [0.3, 0.4) is 0 Å². The van der Waals surface area contributed by atoms with E-state index in [1.165, 1.54) is 25.7 Å². The van der Waals surface area contributed by atoms with Crippen molar-refractivity contribution in [2.24, 2.45) is 5.92 Å². The van der Waals surface area contributed by atoms with Crippen molar-refractivity contribution in [3.05, 3.63) is 0 Å². The van der Waals surface area contributed by atoms with Gasteiger partial charge in [0.05, 0.1) is 0 Å². The first kappa shape index (κ1) is 19.9. The van der Waals surface area contributed by atoms with Crippen LogP contribution in [0.15, 0.2) is 0 Å². The zero-order chi connectivity index (χ0) is 16.6. The largest absolute Gasteiger partial charge is 0.300 e. The molecule has 2 saturated heterocycles. The monoisotopic (exact) mass is 314 g/mol. The van der Waals surface area contributed by atoms with Gasteiger partial charge in [0.2, 0.25) is 0 Å². The summed E-state index contributed by atoms with van der Waals surface area (Å²) in [7, 11) is 0. The lowest BCUT2D eigenvalue weighted by molar-refractivity contribution is 0.00487. The smallest absolute Gasteiger partial charge is 0.126 e. The molecule has 2 heterocycles. The number of alkyl halides is 1. The van der Waals surface area contributed by atoms with Crippen molar-refractivity contribution in [1.29, 1.82) is 0 Å². The van der Waals surface area contributed by atoms with E-state index in [1.54, 1.807) is 0 Å². The van der Waals surface area contributed by atoms with Crippen LogP contribution in [0.25, 0.3) is 0 Å². The second-order valence-electron chi connectivity index (χ2n) is 7.07. The van der Waals surface area contributed by atoms with Gasteiger partial charge in [-0.25, -0.2) is 4.39 Å². The van der Waals surface area contributed by atoms with Crippen LogP contribution >= 0.6 is 0 Å². The molecule has 0 radical (unpaired) electrons. The third-order valence-electron chi connectivity index (χ3n) is 5.70. The predicted molar refractivity (Wildman–Crippen MR) is 95.2 cm³/mol. The molecule has 2 nitrogen and oxygen atoms in total. The first-order valence-electron chi connectivity index (χ1n) is 9.71. The SMILES string of the molecule is CC.CCC1CCN(CC2(F)CCN(C(C)CC)CC2)CC1. The van der Waals surface area contributed by atoms with Crippen molar-refractivity contribution >= 4 is 0 Å². The molecule has 3 heteroatoms. The predicted octanol–water partition coefficient (Wildman–Crippen LogP) is 4.74. The molecule has 0 amide bonds. The third kappa shape index (κ3) is 5.81. The highest BCUT2D eigenvalue weighted by Gasteiger charge is 2.37. The van der Waals surface area contributed by atoms with Crippen LogP contribution in [0, 0.1) is 5.92 Å². The Labute approximate surface area is 138 Å². The summed E-state index contributed by atoms with van der Waals surface area (Å²) >= 11 is 0. The van der Waals surface area contributed by atoms with Gasteiger partial charge < -0.3 is 9.80 Å². The molecular weight excluding hydrogens is 275 g/mol. The minimum atomic E-state index is -0.928. The fourth-order valence-electron chi connectivity index (χ4n) is 3.74. The number of halogens is 1. The molecule has 0 aromatic carbocycles. The highest BCUT2D eigenvalue weighted by atomic mass is 19.1. The standard InChI is InChI=1S/C17H33FN2.C2H6/c1-4-15(3)20-12-8-17(18,9-13-20)14-19-10-6-16(5-2)7-11-19;1-2/h15-16H,4-14H2,1-3H3;1-2H3. The van der Waals surface area contributed by atoms with Crippen molar-refractivity contribution in [3.63, 3.8) is 0 Å². The molecule has 2 aliphatic heterocycles. The quantitative estimate of drug-likeness (QED) is 0.723. The van der Waals surface area contributed by atoms with E-state index in [1.807, 2.05) is 13.8 Å². The molecule has 22 heavy (non-hydrogen) atoms. The van der Waals surface area contributed by atoms with Crippen molar-refractivity contribution in [1.82, 2.24) is 9.80 Å². The molecule has 2 fully saturated rings. The molecule has 0 N–H and O–H groups in total. The van der Waals surface area contributed by atoms with Crippen LogP contribution in [-0.4, -0.2) is 54.2 Å². The summed E-state index contributed by atoms with van der Waals surface area (Å²) in [6.45, 7) is 15.5. The maximum absolute atomic E-state index is 15.0. The molecule has 1 unspecified atom stereocenters. The normalized spacial score (nSPS) is 25.4. The number of hydrogen-bond donors (Lipinski definition) is 0. The number of hydrogen-bond acceptors (Lipinski definition) is 2. The van der Waals surface area contributed by atoms with Crippen molar-refractivity contribution in [2.45, 2.75) is 84.9 Å². The van der Waals surface area contributed by atoms with Crippen molar-refractivity contribution < 1.29 is 4.39 Å². The summed E-state index contributed by atoms with van der Waals surface area (Å²) in [4.78, 5) is 4.84. The minimum Gasteiger partial charge on any atom is -0.300 e. The summed E-state index contributed by atoms with van der Waals surface area (Å²) in [6.07, 6.45) is 6.45. The van der Waals surface area contributed by atoms with Gasteiger partial charge >= 0.3 is 0 Å². The number of piperidine rings is 2. The fraction of sp³-hybridized carbons (Fsp3) is 1.00. The highest BCUT2D eigenvalue weighted by molar-refractivity contribution is 4.91. The Hall–Kier alpha value is -0.150. The second kappa shape index (κ2) is 9.87. The zero-order valence-corrected chi connectivity index (χ0v) is 15.7. The van der Waals surface area contributed by atoms with Crippen molar-refractivity contribution in [2.75, 3.05) is 32.7 Å². The van der Waals surface area contributed by atoms with Crippen LogP contribution in [0.4, 0.5) is 4.39 Å². The first-order chi connectivity index (χ1) is 10.6. The van der Waals surface area contributed by atoms with Gasteiger partial charge in [0.1, 0.15) is 5.67 Å². The molecule has 2 aliphatic rings. The molecule has 0 bridgehead atoms. The lowest BCUT2D eigenvalue weighted by Gasteiger charge is -2.42. The summed E-state index contributed by atoms with van der Waals surface area (Å²) in [5.41, 5.74) is -0.928. The summed E-state index contributed by atoms with van der Waals surface area (Å²) < 4.78 is 15.0. The van der Waals surface area contributed by atoms with Gasteiger partial charge in [-0.2, -0.15) is 0 Å². The van der Waals surface area contributed by atoms with E-state index in [-0.39, 0.29) is 0 Å². The highest BCUT2D eigenvalue weighted by Crippen LogP contribution is 2.30. The molecule has 132 valence electrons. The van der Waals surface area contributed by atoms with Gasteiger partial charge in [-0.15, -0.1) is 0 Å². The molecule has 0 aromatic heterocycles. The van der Waals surface area contributed by atoms with Crippen LogP contribution in [0.5, 0.6) is 0 Å². The molecule has 0 saturated carbocycles. The second-order valence-corrected chi connectivity index (χ2v) is 7.07. The lowest BCUT2D eigenvalue weighted by Crippen LogP contribution is -2.51. The topological polar surface area (TPSA) is 6.48 Å². The van der Waals surface area contributed by atoms with Crippen LogP contribution < -0.4 is 0 Å². The Morgan fingerprint density at radius 3 is 2.05 bits per heavy atom. The number of likely N-dealkylation sites (tertiary alicyclic amines) is 2. The van der Waals surface area contributed by atoms with Gasteiger partial charge in [-0.1, -0.05) is 34.1 Å². The molecular formula is C19H39FN2. The number of rotatable bonds is 5. The van der Waals surface area contributed by atoms with E-state index in [4.69, 9.17) is 0 Å². The molecule has 0 aromatic rings. The van der Waals surface area contributed by atoms with Gasteiger partial charge in [0, 0.05) is 25.7 Å². The molecule has 1 atom stereocenters. The van der Waals surface area contributed by atoms with E-state index in [0.717, 1.165) is 44.9 Å². The van der Waals surface area contributed by atoms with Gasteiger partial charge in [0.25, 0.3) is 0 Å². The minimum absolute atomic E-state index is 0.611. The molecule has 2 rings (SSSR count). The third-order valence-corrected chi connectivity index (χ3v) is 5.70. The van der Waals surface area contributed by atoms with E-state index in [2.05, 4.69) is 30.6 Å². The Bertz CT molecular complexity index is 279. The Balaban J connectivity index is 0.00000116. The molecule has 0 aliphatic carbocycles.